The highest BCUT2D eigenvalue weighted by atomic mass is 16.2. The zero-order valence-corrected chi connectivity index (χ0v) is 12.9. The summed E-state index contributed by atoms with van der Waals surface area (Å²) in [5, 5.41) is 3.03. The number of hydrogen-bond acceptors (Lipinski definition) is 2. The zero-order valence-electron chi connectivity index (χ0n) is 12.9. The molecule has 1 saturated carbocycles. The summed E-state index contributed by atoms with van der Waals surface area (Å²) in [6.45, 7) is 4.15. The number of hydrogen-bond donors (Lipinski definition) is 1. The number of carbonyl (C=O) groups is 2. The van der Waals surface area contributed by atoms with E-state index < -0.39 is 0 Å². The van der Waals surface area contributed by atoms with E-state index in [0.717, 1.165) is 24.0 Å². The lowest BCUT2D eigenvalue weighted by Gasteiger charge is -2.22. The molecule has 0 heterocycles. The number of nitrogens with one attached hydrogen (secondary N) is 1. The van der Waals surface area contributed by atoms with E-state index in [1.165, 1.54) is 19.8 Å². The molecule has 0 aromatic heterocycles. The summed E-state index contributed by atoms with van der Waals surface area (Å²) in [5.74, 6) is -0.122. The summed E-state index contributed by atoms with van der Waals surface area (Å²) >= 11 is 0. The summed E-state index contributed by atoms with van der Waals surface area (Å²) in [6, 6.07) is 8.32. The lowest BCUT2D eigenvalue weighted by atomic mass is 10.1. The van der Waals surface area contributed by atoms with Gasteiger partial charge in [-0.15, -0.1) is 0 Å². The van der Waals surface area contributed by atoms with Crippen LogP contribution in [-0.2, 0) is 16.1 Å². The van der Waals surface area contributed by atoms with Crippen LogP contribution in [0.4, 0.5) is 0 Å². The maximum Gasteiger partial charge on any atom is 0.239 e. The predicted molar refractivity (Wildman–Crippen MR) is 82.7 cm³/mol. The molecule has 0 bridgehead atoms. The van der Waals surface area contributed by atoms with Crippen LogP contribution < -0.4 is 5.32 Å². The molecule has 1 aliphatic carbocycles. The fourth-order valence-corrected chi connectivity index (χ4v) is 2.83. The number of rotatable bonds is 5. The lowest BCUT2D eigenvalue weighted by Crippen LogP contribution is -2.42. The van der Waals surface area contributed by atoms with Crippen LogP contribution >= 0.6 is 0 Å². The van der Waals surface area contributed by atoms with Crippen LogP contribution in [0.2, 0.25) is 0 Å². The molecule has 1 aliphatic rings. The molecule has 1 fully saturated rings. The Bertz CT molecular complexity index is 507. The van der Waals surface area contributed by atoms with Gasteiger partial charge in [-0.3, -0.25) is 9.59 Å². The van der Waals surface area contributed by atoms with Crippen molar-refractivity contribution in [1.29, 1.82) is 0 Å². The van der Waals surface area contributed by atoms with Crippen molar-refractivity contribution in [2.45, 2.75) is 52.1 Å². The van der Waals surface area contributed by atoms with Gasteiger partial charge in [-0.25, -0.2) is 0 Å². The van der Waals surface area contributed by atoms with Crippen LogP contribution in [0, 0.1) is 6.92 Å². The summed E-state index contributed by atoms with van der Waals surface area (Å²) in [7, 11) is 0. The largest absolute Gasteiger partial charge is 0.352 e. The van der Waals surface area contributed by atoms with Crippen molar-refractivity contribution in [3.05, 3.63) is 35.4 Å². The first-order valence-corrected chi connectivity index (χ1v) is 7.65. The molecule has 21 heavy (non-hydrogen) atoms. The molecular weight excluding hydrogens is 264 g/mol. The second-order valence-corrected chi connectivity index (χ2v) is 5.91. The van der Waals surface area contributed by atoms with Gasteiger partial charge in [-0.2, -0.15) is 0 Å². The van der Waals surface area contributed by atoms with Gasteiger partial charge in [0.1, 0.15) is 0 Å². The first kappa shape index (κ1) is 15.5. The second-order valence-electron chi connectivity index (χ2n) is 5.91. The fourth-order valence-electron chi connectivity index (χ4n) is 2.83. The number of aryl methyl sites for hydroxylation is 1. The Labute approximate surface area is 126 Å². The van der Waals surface area contributed by atoms with E-state index in [9.17, 15) is 9.59 Å². The third-order valence-corrected chi connectivity index (χ3v) is 3.96. The lowest BCUT2D eigenvalue weighted by molar-refractivity contribution is -0.135. The Morgan fingerprint density at radius 2 is 2.00 bits per heavy atom. The van der Waals surface area contributed by atoms with Crippen LogP contribution in [0.3, 0.4) is 0 Å². The van der Waals surface area contributed by atoms with Gasteiger partial charge >= 0.3 is 0 Å². The highest BCUT2D eigenvalue weighted by Crippen LogP contribution is 2.17. The summed E-state index contributed by atoms with van der Waals surface area (Å²) in [5.41, 5.74) is 2.21. The van der Waals surface area contributed by atoms with E-state index in [-0.39, 0.29) is 18.4 Å². The molecule has 114 valence electrons. The maximum atomic E-state index is 12.1. The van der Waals surface area contributed by atoms with Crippen molar-refractivity contribution in [3.8, 4) is 0 Å². The molecule has 0 aliphatic heterocycles. The SMILES string of the molecule is CC(=O)N(CC(=O)NC1CCCC1)Cc1cccc(C)c1. The molecule has 0 unspecified atom stereocenters. The predicted octanol–water partition coefficient (Wildman–Crippen LogP) is 2.40. The average molecular weight is 288 g/mol. The minimum atomic E-state index is -0.0712. The molecule has 4 nitrogen and oxygen atoms in total. The third-order valence-electron chi connectivity index (χ3n) is 3.96. The van der Waals surface area contributed by atoms with Crippen molar-refractivity contribution in [2.75, 3.05) is 6.54 Å². The molecule has 2 rings (SSSR count). The fraction of sp³-hybridized carbons (Fsp3) is 0.529. The average Bonchev–Trinajstić information content (AvgIpc) is 2.90. The highest BCUT2D eigenvalue weighted by Gasteiger charge is 2.19. The summed E-state index contributed by atoms with van der Waals surface area (Å²) in [6.07, 6.45) is 4.49. The number of benzene rings is 1. The number of nitrogens with zero attached hydrogens (tertiary/aromatic N) is 1. The summed E-state index contributed by atoms with van der Waals surface area (Å²) < 4.78 is 0. The van der Waals surface area contributed by atoms with Gasteiger partial charge in [0, 0.05) is 19.5 Å². The van der Waals surface area contributed by atoms with Crippen molar-refractivity contribution in [2.24, 2.45) is 0 Å². The van der Waals surface area contributed by atoms with Crippen LogP contribution in [0.25, 0.3) is 0 Å². The quantitative estimate of drug-likeness (QED) is 0.904. The van der Waals surface area contributed by atoms with Gasteiger partial charge < -0.3 is 10.2 Å². The zero-order chi connectivity index (χ0) is 15.2. The maximum absolute atomic E-state index is 12.1. The molecule has 0 spiro atoms. The Morgan fingerprint density at radius 1 is 1.29 bits per heavy atom. The topological polar surface area (TPSA) is 49.4 Å². The van der Waals surface area contributed by atoms with E-state index in [4.69, 9.17) is 0 Å². The molecule has 0 atom stereocenters. The van der Waals surface area contributed by atoms with Gasteiger partial charge in [0.2, 0.25) is 11.8 Å². The minimum absolute atomic E-state index is 0.0512. The third kappa shape index (κ3) is 4.88. The standard InChI is InChI=1S/C17H24N2O2/c1-13-6-5-7-15(10-13)11-19(14(2)20)12-17(21)18-16-8-3-4-9-16/h5-7,10,16H,3-4,8-9,11-12H2,1-2H3,(H,18,21). The molecule has 4 heteroatoms. The van der Waals surface area contributed by atoms with E-state index in [1.807, 2.05) is 31.2 Å². The van der Waals surface area contributed by atoms with Crippen molar-refractivity contribution < 1.29 is 9.59 Å². The van der Waals surface area contributed by atoms with Gasteiger partial charge in [0.05, 0.1) is 6.54 Å². The Kier molecular flexibility index (Phi) is 5.37. The monoisotopic (exact) mass is 288 g/mol. The molecule has 1 aromatic carbocycles. The first-order chi connectivity index (χ1) is 10.0. The smallest absolute Gasteiger partial charge is 0.239 e. The normalized spacial score (nSPS) is 15.0. The van der Waals surface area contributed by atoms with Crippen LogP contribution in [0.15, 0.2) is 24.3 Å². The van der Waals surface area contributed by atoms with E-state index in [0.29, 0.717) is 12.6 Å². The Balaban J connectivity index is 1.92. The molecule has 0 radical (unpaired) electrons. The van der Waals surface area contributed by atoms with Crippen LogP contribution in [0.1, 0.15) is 43.7 Å². The number of amides is 2. The highest BCUT2D eigenvalue weighted by molar-refractivity contribution is 5.83. The minimum Gasteiger partial charge on any atom is -0.352 e. The van der Waals surface area contributed by atoms with Gasteiger partial charge in [0.25, 0.3) is 0 Å². The van der Waals surface area contributed by atoms with Crippen LogP contribution in [0.5, 0.6) is 0 Å². The Hall–Kier alpha value is -1.84. The van der Waals surface area contributed by atoms with Crippen molar-refractivity contribution in [3.63, 3.8) is 0 Å². The second kappa shape index (κ2) is 7.25. The van der Waals surface area contributed by atoms with Crippen molar-refractivity contribution >= 4 is 11.8 Å². The van der Waals surface area contributed by atoms with Gasteiger partial charge in [-0.05, 0) is 25.3 Å². The van der Waals surface area contributed by atoms with E-state index in [2.05, 4.69) is 5.32 Å². The first-order valence-electron chi connectivity index (χ1n) is 7.65. The molecule has 1 aromatic rings. The molecule has 1 N–H and O–H groups in total. The molecule has 2 amide bonds. The molecular formula is C17H24N2O2. The van der Waals surface area contributed by atoms with E-state index in [1.54, 1.807) is 4.90 Å². The van der Waals surface area contributed by atoms with E-state index >= 15 is 0 Å². The van der Waals surface area contributed by atoms with Crippen molar-refractivity contribution in [1.82, 2.24) is 10.2 Å². The van der Waals surface area contributed by atoms with Gasteiger partial charge in [-0.1, -0.05) is 42.7 Å². The molecule has 0 saturated heterocycles. The summed E-state index contributed by atoms with van der Waals surface area (Å²) in [4.78, 5) is 25.4. The number of carbonyl (C=O) groups excluding carboxylic acids is 2. The Morgan fingerprint density at radius 3 is 2.62 bits per heavy atom. The van der Waals surface area contributed by atoms with Gasteiger partial charge in [0.15, 0.2) is 0 Å². The van der Waals surface area contributed by atoms with Crippen LogP contribution in [-0.4, -0.2) is 29.3 Å².